The van der Waals surface area contributed by atoms with E-state index in [1.165, 1.54) is 12.1 Å². The van der Waals surface area contributed by atoms with E-state index >= 15 is 0 Å². The fourth-order valence-electron chi connectivity index (χ4n) is 1.32. The van der Waals surface area contributed by atoms with Gasteiger partial charge in [-0.15, -0.1) is 0 Å². The molecule has 0 amide bonds. The fraction of sp³-hybridized carbons (Fsp3) is 0.222. The zero-order valence-corrected chi connectivity index (χ0v) is 11.7. The van der Waals surface area contributed by atoms with Gasteiger partial charge in [0.15, 0.2) is 17.3 Å². The zero-order valence-electron chi connectivity index (χ0n) is 7.29. The number of fused-ring (bicyclic) bond motifs is 1. The summed E-state index contributed by atoms with van der Waals surface area (Å²) in [5, 5.41) is 9.69. The molecule has 1 aliphatic heterocycles. The second-order valence-electron chi connectivity index (χ2n) is 2.79. The largest absolute Gasteiger partial charge is 0.504 e. The van der Waals surface area contributed by atoms with Crippen LogP contribution in [0.2, 0.25) is 5.02 Å². The van der Waals surface area contributed by atoms with Crippen LogP contribution in [-0.2, 0) is 0 Å². The van der Waals surface area contributed by atoms with Crippen molar-refractivity contribution < 1.29 is 55.9 Å². The van der Waals surface area contributed by atoms with Crippen LogP contribution in [0.5, 0.6) is 11.5 Å². The molecule has 0 fully saturated rings. The zero-order chi connectivity index (χ0) is 9.42. The normalized spacial score (nSPS) is 13.9. The van der Waals surface area contributed by atoms with Crippen LogP contribution in [-0.4, -0.2) is 17.5 Å². The molecule has 2 rings (SSSR count). The Labute approximate surface area is 119 Å². The summed E-state index contributed by atoms with van der Waals surface area (Å²) >= 11 is 5.80. The van der Waals surface area contributed by atoms with Gasteiger partial charge in [-0.1, -0.05) is 11.6 Å². The summed E-state index contributed by atoms with van der Waals surface area (Å²) < 4.78 is 5.15. The molecule has 71 valence electrons. The molecule has 1 N–H and O–H groups in total. The van der Waals surface area contributed by atoms with Crippen LogP contribution in [0.3, 0.4) is 0 Å². The number of rotatable bonds is 0. The Morgan fingerprint density at radius 2 is 2.14 bits per heavy atom. The van der Waals surface area contributed by atoms with E-state index in [0.29, 0.717) is 23.6 Å². The van der Waals surface area contributed by atoms with Crippen molar-refractivity contribution in [1.82, 2.24) is 0 Å². The van der Waals surface area contributed by atoms with Gasteiger partial charge >= 0.3 is 0 Å². The van der Waals surface area contributed by atoms with E-state index in [4.69, 9.17) is 16.3 Å². The number of ketones is 1. The number of phenols is 1. The Balaban J connectivity index is 0.000000980. The molecule has 0 unspecified atom stereocenters. The molecule has 1 aromatic carbocycles. The van der Waals surface area contributed by atoms with Gasteiger partial charge in [0.2, 0.25) is 0 Å². The van der Waals surface area contributed by atoms with E-state index in [-0.39, 0.29) is 58.6 Å². The Kier molecular flexibility index (Phi) is 4.17. The number of halogens is 1. The Morgan fingerprint density at radius 3 is 2.79 bits per heavy atom. The van der Waals surface area contributed by atoms with Crippen molar-refractivity contribution in [2.45, 2.75) is 6.42 Å². The van der Waals surface area contributed by atoms with Crippen molar-refractivity contribution in [3.63, 3.8) is 0 Å². The second-order valence-corrected chi connectivity index (χ2v) is 3.20. The van der Waals surface area contributed by atoms with Crippen LogP contribution in [0.4, 0.5) is 0 Å². The van der Waals surface area contributed by atoms with Gasteiger partial charge in [-0.2, -0.15) is 0 Å². The molecule has 0 aliphatic carbocycles. The summed E-state index contributed by atoms with van der Waals surface area (Å²) in [5.41, 5.74) is 0.299. The maximum atomic E-state index is 11.4. The van der Waals surface area contributed by atoms with E-state index < -0.39 is 0 Å². The van der Waals surface area contributed by atoms with Gasteiger partial charge < -0.3 is 9.84 Å². The van der Waals surface area contributed by atoms with Crippen molar-refractivity contribution >= 4 is 17.4 Å². The molecule has 3 nitrogen and oxygen atoms in total. The van der Waals surface area contributed by atoms with Gasteiger partial charge in [0.25, 0.3) is 0 Å². The predicted octanol–water partition coefficient (Wildman–Crippen LogP) is 2.01. The monoisotopic (exact) mass is 339 g/mol. The van der Waals surface area contributed by atoms with Gasteiger partial charge in [0, 0.05) is 47.7 Å². The summed E-state index contributed by atoms with van der Waals surface area (Å²) in [5.74, 6) is 0.0957. The third-order valence-electron chi connectivity index (χ3n) is 1.94. The number of aromatic hydroxyl groups is 1. The van der Waals surface area contributed by atoms with Crippen LogP contribution in [0.1, 0.15) is 16.8 Å². The maximum absolute atomic E-state index is 11.4. The quantitative estimate of drug-likeness (QED) is 0.786. The van der Waals surface area contributed by atoms with Crippen molar-refractivity contribution in [3.05, 3.63) is 22.7 Å². The average Bonchev–Trinajstić information content (AvgIpc) is 2.12. The summed E-state index contributed by atoms with van der Waals surface area (Å²) in [4.78, 5) is 11.4. The van der Waals surface area contributed by atoms with Gasteiger partial charge in [0.1, 0.15) is 0 Å². The number of hydrogen-bond donors (Lipinski definition) is 1. The van der Waals surface area contributed by atoms with Gasteiger partial charge in [-0.25, -0.2) is 0 Å². The number of phenolic OH excluding ortho intramolecular Hbond substituents is 1. The fourth-order valence-corrected chi connectivity index (χ4v) is 1.58. The molecule has 0 saturated heterocycles. The van der Waals surface area contributed by atoms with E-state index in [1.54, 1.807) is 0 Å². The first-order valence-electron chi connectivity index (χ1n) is 3.87. The van der Waals surface area contributed by atoms with Gasteiger partial charge in [-0.05, 0) is 12.1 Å². The van der Waals surface area contributed by atoms with E-state index in [9.17, 15) is 9.90 Å². The number of carbonyl (C=O) groups excluding carboxylic acids is 1. The first-order valence-corrected chi connectivity index (χ1v) is 4.25. The van der Waals surface area contributed by atoms with Crippen LogP contribution in [0.15, 0.2) is 12.1 Å². The summed E-state index contributed by atoms with van der Waals surface area (Å²) in [6, 6.07) is 2.90. The molecule has 1 aromatic rings. The topological polar surface area (TPSA) is 46.5 Å². The summed E-state index contributed by atoms with van der Waals surface area (Å²) in [6.45, 7) is 0.305. The van der Waals surface area contributed by atoms with Crippen molar-refractivity contribution in [3.8, 4) is 11.5 Å². The van der Waals surface area contributed by atoms with E-state index in [1.807, 2.05) is 0 Å². The van der Waals surface area contributed by atoms with Crippen LogP contribution in [0, 0.1) is 41.3 Å². The smallest absolute Gasteiger partial charge is 0.173 e. The van der Waals surface area contributed by atoms with Crippen LogP contribution >= 0.6 is 11.6 Å². The van der Waals surface area contributed by atoms with E-state index in [0.717, 1.165) is 0 Å². The minimum atomic E-state index is -0.0813. The molecule has 5 heteroatoms. The molecule has 1 aliphatic rings. The molecule has 1 heterocycles. The standard InChI is InChI=1S/C9H7ClO3.Pr/c10-5-1-2-7(12)9-8(5)6(11)3-4-13-9;/h1-2,12H,3-4H2;. The SMILES string of the molecule is O=C1CCOc2c(O)ccc(Cl)c21.[Pr]. The van der Waals surface area contributed by atoms with Crippen molar-refractivity contribution in [1.29, 1.82) is 0 Å². The second kappa shape index (κ2) is 4.78. The van der Waals surface area contributed by atoms with Crippen molar-refractivity contribution in [2.75, 3.05) is 6.61 Å². The third kappa shape index (κ3) is 2.05. The first kappa shape index (κ1) is 12.2. The molecule has 0 atom stereocenters. The van der Waals surface area contributed by atoms with Crippen LogP contribution in [0.25, 0.3) is 0 Å². The minimum absolute atomic E-state index is 0. The molecule has 0 spiro atoms. The third-order valence-corrected chi connectivity index (χ3v) is 2.26. The Bertz CT molecular complexity index is 379. The average molecular weight is 340 g/mol. The number of carbonyl (C=O) groups is 1. The number of hydrogen-bond acceptors (Lipinski definition) is 3. The summed E-state index contributed by atoms with van der Waals surface area (Å²) in [7, 11) is 0. The maximum Gasteiger partial charge on any atom is 0.173 e. The van der Waals surface area contributed by atoms with Gasteiger partial charge in [0.05, 0.1) is 17.2 Å². The van der Waals surface area contributed by atoms with Crippen LogP contribution < -0.4 is 4.74 Å². The molecule has 14 heavy (non-hydrogen) atoms. The molecule has 1 radical (unpaired) electrons. The molecular formula is C9H7ClO3Pr. The molecular weight excluding hydrogens is 332 g/mol. The molecule has 0 bridgehead atoms. The van der Waals surface area contributed by atoms with Crippen molar-refractivity contribution in [2.24, 2.45) is 0 Å². The van der Waals surface area contributed by atoms with E-state index in [2.05, 4.69) is 0 Å². The number of benzene rings is 1. The van der Waals surface area contributed by atoms with Gasteiger partial charge in [-0.3, -0.25) is 4.79 Å². The Hall–Kier alpha value is 0.144. The minimum Gasteiger partial charge on any atom is -0.504 e. The first-order chi connectivity index (χ1) is 6.20. The molecule has 0 saturated carbocycles. The predicted molar refractivity (Wildman–Crippen MR) is 47.6 cm³/mol. The molecule has 0 aromatic heterocycles. The number of Topliss-reactive ketones (excluding diaryl/α,β-unsaturated/α-hetero) is 1. The Morgan fingerprint density at radius 1 is 1.43 bits per heavy atom. The number of ether oxygens (including phenoxy) is 1. The summed E-state index contributed by atoms with van der Waals surface area (Å²) in [6.07, 6.45) is 0.316.